The molecule has 1 amide bonds. The molecule has 0 saturated carbocycles. The number of hydrogen-bond acceptors (Lipinski definition) is 2. The summed E-state index contributed by atoms with van der Waals surface area (Å²) < 4.78 is 0. The van der Waals surface area contributed by atoms with Crippen molar-refractivity contribution in [2.75, 3.05) is 6.54 Å². The van der Waals surface area contributed by atoms with Gasteiger partial charge in [-0.25, -0.2) is 0 Å². The van der Waals surface area contributed by atoms with Crippen LogP contribution in [0.4, 0.5) is 0 Å². The maximum atomic E-state index is 12.0. The fraction of sp³-hybridized carbons (Fsp3) is 0.562. The molecule has 0 bridgehead atoms. The van der Waals surface area contributed by atoms with Crippen LogP contribution >= 0.6 is 0 Å². The number of amides is 1. The Morgan fingerprint density at radius 1 is 1.21 bits per heavy atom. The van der Waals surface area contributed by atoms with E-state index < -0.39 is 0 Å². The Hall–Kier alpha value is -1.35. The molecule has 0 radical (unpaired) electrons. The molecular formula is C16H26N2O. The number of benzene rings is 1. The van der Waals surface area contributed by atoms with Gasteiger partial charge in [0.05, 0.1) is 6.42 Å². The van der Waals surface area contributed by atoms with E-state index in [1.54, 1.807) is 0 Å². The SMILES string of the molecule is CCc1ccc(CC(=O)NC(CN)CC(C)C)cc1. The molecule has 0 saturated heterocycles. The number of nitrogens with one attached hydrogen (secondary N) is 1. The summed E-state index contributed by atoms with van der Waals surface area (Å²) in [6.07, 6.45) is 2.38. The first-order valence-electron chi connectivity index (χ1n) is 7.12. The molecular weight excluding hydrogens is 236 g/mol. The zero-order chi connectivity index (χ0) is 14.3. The minimum absolute atomic E-state index is 0.0559. The van der Waals surface area contributed by atoms with Gasteiger partial charge in [0.1, 0.15) is 0 Å². The summed E-state index contributed by atoms with van der Waals surface area (Å²) >= 11 is 0. The third-order valence-electron chi connectivity index (χ3n) is 3.20. The second-order valence-electron chi connectivity index (χ2n) is 5.48. The van der Waals surface area contributed by atoms with Crippen molar-refractivity contribution in [1.29, 1.82) is 0 Å². The molecule has 1 atom stereocenters. The van der Waals surface area contributed by atoms with Gasteiger partial charge in [-0.2, -0.15) is 0 Å². The Bertz CT molecular complexity index is 384. The van der Waals surface area contributed by atoms with Crippen LogP contribution in [0.3, 0.4) is 0 Å². The molecule has 0 aliphatic carbocycles. The number of nitrogens with two attached hydrogens (primary N) is 1. The zero-order valence-corrected chi connectivity index (χ0v) is 12.3. The lowest BCUT2D eigenvalue weighted by Gasteiger charge is -2.18. The lowest BCUT2D eigenvalue weighted by atomic mass is 10.0. The van der Waals surface area contributed by atoms with Gasteiger partial charge in [-0.1, -0.05) is 45.0 Å². The highest BCUT2D eigenvalue weighted by atomic mass is 16.1. The second-order valence-corrected chi connectivity index (χ2v) is 5.48. The Morgan fingerprint density at radius 3 is 2.26 bits per heavy atom. The Kier molecular flexibility index (Phi) is 6.57. The third kappa shape index (κ3) is 5.88. The van der Waals surface area contributed by atoms with Crippen molar-refractivity contribution < 1.29 is 4.79 Å². The van der Waals surface area contributed by atoms with Gasteiger partial charge in [-0.05, 0) is 29.9 Å². The molecule has 0 aliphatic rings. The van der Waals surface area contributed by atoms with Crippen LogP contribution < -0.4 is 11.1 Å². The van der Waals surface area contributed by atoms with E-state index in [0.29, 0.717) is 18.9 Å². The van der Waals surface area contributed by atoms with E-state index in [0.717, 1.165) is 18.4 Å². The molecule has 106 valence electrons. The Labute approximate surface area is 116 Å². The molecule has 1 rings (SSSR count). The molecule has 1 unspecified atom stereocenters. The Balaban J connectivity index is 2.49. The van der Waals surface area contributed by atoms with Gasteiger partial charge in [-0.3, -0.25) is 4.79 Å². The van der Waals surface area contributed by atoms with E-state index in [4.69, 9.17) is 5.73 Å². The van der Waals surface area contributed by atoms with Gasteiger partial charge in [0.15, 0.2) is 0 Å². The van der Waals surface area contributed by atoms with E-state index in [1.165, 1.54) is 5.56 Å². The van der Waals surface area contributed by atoms with E-state index in [9.17, 15) is 4.79 Å². The van der Waals surface area contributed by atoms with Crippen molar-refractivity contribution in [3.05, 3.63) is 35.4 Å². The van der Waals surface area contributed by atoms with Crippen LogP contribution in [0.15, 0.2) is 24.3 Å². The van der Waals surface area contributed by atoms with Crippen LogP contribution in [0.1, 0.15) is 38.3 Å². The average molecular weight is 262 g/mol. The van der Waals surface area contributed by atoms with Gasteiger partial charge in [0, 0.05) is 12.6 Å². The molecule has 19 heavy (non-hydrogen) atoms. The molecule has 1 aromatic carbocycles. The topological polar surface area (TPSA) is 55.1 Å². The highest BCUT2D eigenvalue weighted by Crippen LogP contribution is 2.07. The van der Waals surface area contributed by atoms with Gasteiger partial charge in [-0.15, -0.1) is 0 Å². The molecule has 0 aliphatic heterocycles. The summed E-state index contributed by atoms with van der Waals surface area (Å²) in [7, 11) is 0. The van der Waals surface area contributed by atoms with Crippen molar-refractivity contribution in [1.82, 2.24) is 5.32 Å². The van der Waals surface area contributed by atoms with E-state index in [-0.39, 0.29) is 11.9 Å². The first kappa shape index (κ1) is 15.7. The highest BCUT2D eigenvalue weighted by molar-refractivity contribution is 5.78. The first-order chi connectivity index (χ1) is 9.05. The van der Waals surface area contributed by atoms with Gasteiger partial charge in [0.25, 0.3) is 0 Å². The summed E-state index contributed by atoms with van der Waals surface area (Å²) in [5.41, 5.74) is 8.03. The van der Waals surface area contributed by atoms with Gasteiger partial charge < -0.3 is 11.1 Å². The van der Waals surface area contributed by atoms with Crippen LogP contribution in [0.25, 0.3) is 0 Å². The highest BCUT2D eigenvalue weighted by Gasteiger charge is 2.12. The Morgan fingerprint density at radius 2 is 1.79 bits per heavy atom. The van der Waals surface area contributed by atoms with Crippen LogP contribution in [0.5, 0.6) is 0 Å². The van der Waals surface area contributed by atoms with Crippen molar-refractivity contribution in [2.24, 2.45) is 11.7 Å². The minimum atomic E-state index is 0.0559. The minimum Gasteiger partial charge on any atom is -0.352 e. The van der Waals surface area contributed by atoms with Crippen LogP contribution in [0.2, 0.25) is 0 Å². The summed E-state index contributed by atoms with van der Waals surface area (Å²) in [4.78, 5) is 12.0. The summed E-state index contributed by atoms with van der Waals surface area (Å²) in [5.74, 6) is 0.595. The predicted octanol–water partition coefficient (Wildman–Crippen LogP) is 2.28. The van der Waals surface area contributed by atoms with Crippen molar-refractivity contribution in [2.45, 2.75) is 46.1 Å². The molecule has 3 nitrogen and oxygen atoms in total. The maximum Gasteiger partial charge on any atom is 0.224 e. The fourth-order valence-corrected chi connectivity index (χ4v) is 2.14. The quantitative estimate of drug-likeness (QED) is 0.792. The molecule has 0 fully saturated rings. The van der Waals surface area contributed by atoms with E-state index >= 15 is 0 Å². The molecule has 3 heteroatoms. The first-order valence-corrected chi connectivity index (χ1v) is 7.12. The number of hydrogen-bond donors (Lipinski definition) is 2. The van der Waals surface area contributed by atoms with Crippen LogP contribution in [-0.4, -0.2) is 18.5 Å². The van der Waals surface area contributed by atoms with E-state index in [1.807, 2.05) is 12.1 Å². The third-order valence-corrected chi connectivity index (χ3v) is 3.20. The van der Waals surface area contributed by atoms with Crippen molar-refractivity contribution in [3.63, 3.8) is 0 Å². The average Bonchev–Trinajstić information content (AvgIpc) is 2.38. The lowest BCUT2D eigenvalue weighted by molar-refractivity contribution is -0.121. The normalized spacial score (nSPS) is 12.5. The smallest absolute Gasteiger partial charge is 0.224 e. The summed E-state index contributed by atoms with van der Waals surface area (Å²) in [6.45, 7) is 6.90. The molecule has 1 aromatic rings. The van der Waals surface area contributed by atoms with Crippen LogP contribution in [-0.2, 0) is 17.6 Å². The van der Waals surface area contributed by atoms with Crippen molar-refractivity contribution in [3.8, 4) is 0 Å². The second kappa shape index (κ2) is 7.95. The largest absolute Gasteiger partial charge is 0.352 e. The lowest BCUT2D eigenvalue weighted by Crippen LogP contribution is -2.41. The number of rotatable bonds is 7. The molecule has 3 N–H and O–H groups in total. The predicted molar refractivity (Wildman–Crippen MR) is 80.0 cm³/mol. The van der Waals surface area contributed by atoms with Crippen LogP contribution in [0, 0.1) is 5.92 Å². The number of carbonyl (C=O) groups is 1. The monoisotopic (exact) mass is 262 g/mol. The molecule has 0 spiro atoms. The number of carbonyl (C=O) groups excluding carboxylic acids is 1. The van der Waals surface area contributed by atoms with Crippen molar-refractivity contribution >= 4 is 5.91 Å². The summed E-state index contributed by atoms with van der Waals surface area (Å²) in [5, 5.41) is 3.01. The van der Waals surface area contributed by atoms with E-state index in [2.05, 4.69) is 38.2 Å². The molecule has 0 heterocycles. The fourth-order valence-electron chi connectivity index (χ4n) is 2.14. The number of aryl methyl sites for hydroxylation is 1. The summed E-state index contributed by atoms with van der Waals surface area (Å²) in [6, 6.07) is 8.30. The maximum absolute atomic E-state index is 12.0. The van der Waals surface area contributed by atoms with Gasteiger partial charge in [0.2, 0.25) is 5.91 Å². The van der Waals surface area contributed by atoms with Gasteiger partial charge >= 0.3 is 0 Å². The molecule has 0 aromatic heterocycles. The standard InChI is InChI=1S/C16H26N2O/c1-4-13-5-7-14(8-6-13)10-16(19)18-15(11-17)9-12(2)3/h5-8,12,15H,4,9-11,17H2,1-3H3,(H,18,19). The zero-order valence-electron chi connectivity index (χ0n) is 12.3.